The Morgan fingerprint density at radius 2 is 1.60 bits per heavy atom. The molecule has 3 saturated heterocycles. The van der Waals surface area contributed by atoms with E-state index in [1.165, 1.54) is 65.4 Å². The van der Waals surface area contributed by atoms with Crippen molar-refractivity contribution in [2.75, 3.05) is 85.2 Å². The molecule has 10 atom stereocenters. The van der Waals surface area contributed by atoms with Crippen LogP contribution in [0.5, 0.6) is 11.5 Å². The Morgan fingerprint density at radius 3 is 2.25 bits per heavy atom. The lowest BCUT2D eigenvalue weighted by atomic mass is 9.83. The van der Waals surface area contributed by atoms with E-state index in [2.05, 4.69) is 31.9 Å². The number of epoxide rings is 1. The number of benzene rings is 2. The summed E-state index contributed by atoms with van der Waals surface area (Å²) in [7, 11) is 7.02. The number of anilines is 2. The Labute approximate surface area is 561 Å². The van der Waals surface area contributed by atoms with Crippen LogP contribution in [0.15, 0.2) is 54.1 Å². The summed E-state index contributed by atoms with van der Waals surface area (Å²) in [5.41, 5.74) is 3.97. The average molecular weight is 1370 g/mol. The Balaban J connectivity index is 1.11. The molecule has 0 unspecified atom stereocenters. The molecule has 30 nitrogen and oxygen atoms in total. The van der Waals surface area contributed by atoms with Gasteiger partial charge in [0.15, 0.2) is 10.8 Å². The molecule has 522 valence electrons. The van der Waals surface area contributed by atoms with Gasteiger partial charge in [-0.1, -0.05) is 56.2 Å². The van der Waals surface area contributed by atoms with E-state index in [1.54, 1.807) is 52.0 Å². The Hall–Kier alpha value is -8.20. The molecule has 0 radical (unpaired) electrons. The van der Waals surface area contributed by atoms with Crippen LogP contribution < -0.4 is 52.0 Å². The zero-order chi connectivity index (χ0) is 70.1. The average Bonchev–Trinajstić information content (AvgIpc) is 1.58. The fourth-order valence-electron chi connectivity index (χ4n) is 10.8. The lowest BCUT2D eigenvalue weighted by molar-refractivity contribution is -0.198. The van der Waals surface area contributed by atoms with Crippen molar-refractivity contribution < 1.29 is 95.8 Å². The van der Waals surface area contributed by atoms with E-state index in [-0.39, 0.29) is 111 Å². The van der Waals surface area contributed by atoms with E-state index in [0.29, 0.717) is 22.9 Å². The minimum Gasteiger partial charge on any atom is -0.496 e. The van der Waals surface area contributed by atoms with Crippen molar-refractivity contribution in [2.45, 2.75) is 147 Å². The Bertz CT molecular complexity index is 3230. The maximum atomic E-state index is 14.6. The van der Waals surface area contributed by atoms with Gasteiger partial charge in [-0.05, 0) is 88.0 Å². The van der Waals surface area contributed by atoms with Gasteiger partial charge in [-0.25, -0.2) is 19.2 Å². The summed E-state index contributed by atoms with van der Waals surface area (Å²) < 4.78 is 46.2. The summed E-state index contributed by atoms with van der Waals surface area (Å²) in [5, 5.41) is 29.1. The number of methoxy groups -OCH3 is 3. The van der Waals surface area contributed by atoms with Crippen molar-refractivity contribution in [3.63, 3.8) is 0 Å². The summed E-state index contributed by atoms with van der Waals surface area (Å²) in [6, 6.07) is 3.41. The van der Waals surface area contributed by atoms with Crippen LogP contribution in [0.3, 0.4) is 0 Å². The monoisotopic (exact) mass is 1370 g/mol. The first-order valence-electron chi connectivity index (χ1n) is 30.9. The maximum absolute atomic E-state index is 14.6. The summed E-state index contributed by atoms with van der Waals surface area (Å²) in [6.07, 6.45) is -0.122. The number of hydrogen-bond donors (Lipinski definition) is 8. The van der Waals surface area contributed by atoms with Gasteiger partial charge in [-0.15, -0.1) is 5.06 Å². The number of urea groups is 1. The molecule has 0 saturated carbocycles. The number of imide groups is 1. The Kier molecular flexibility index (Phi) is 27.5. The van der Waals surface area contributed by atoms with Gasteiger partial charge in [0.1, 0.15) is 58.6 Å². The minimum atomic E-state index is -1.93. The number of hydroxylamine groups is 2. The lowest BCUT2D eigenvalue weighted by Crippen LogP contribution is -2.63. The van der Waals surface area contributed by atoms with Gasteiger partial charge in [-0.2, -0.15) is 0 Å². The predicted octanol–water partition coefficient (Wildman–Crippen LogP) is 3.23. The molecule has 9 N–H and O–H groups in total. The topological polar surface area (TPSA) is 385 Å². The molecule has 9 amide bonds. The summed E-state index contributed by atoms with van der Waals surface area (Å²) in [6.45, 7) is 10.9. The van der Waals surface area contributed by atoms with E-state index < -0.39 is 126 Å². The molecule has 0 spiro atoms. The van der Waals surface area contributed by atoms with E-state index in [4.69, 9.17) is 72.3 Å². The number of carbonyl (C=O) groups excluding carboxylic acids is 10. The number of likely N-dealkylation sites (N-methyl/N-ethyl adjacent to an activating group) is 1. The molecular weight excluding hydrogens is 1280 g/mol. The van der Waals surface area contributed by atoms with Crippen molar-refractivity contribution in [3.8, 4) is 11.5 Å². The molecule has 0 aromatic heterocycles. The molecule has 0 aliphatic carbocycles. The number of ether oxygens (including phenoxy) is 8. The normalized spacial score (nSPS) is 23.8. The standard InChI is InChI=1S/C63H87ClN10O20S/c1-34(2)53(70-60(95)67-23-25-90-27-26-89-24-21-51(78)94-74-48(75)19-20-49(74)76)56(80)69-41(15-13-22-66-59(65)83)55(79)68-39-17-18-40(43(31-39)86-9)57(81)72(7)37(5)58(82)92-47-32-50(77)73(8)42-29-38(30-44(87-10)52(42)64)28-35(3)14-12-16-46(88-11)63(85)33-45(91-61(84)71-63)36(4)54-62(47,6)93-54/h12,14,16-18,29-31,34,36-37,41,45-47,53-54,85H,13,15,19-28,32-33H2,1-11H3,(H,68,79)(H,69,80)(H,71,84)(H3,65,66,83)(H2,67,70,95)/b16-12+,35-14+/t36-,37+,41+,45+,46-,47+,53+,54+,62+,63+/m1/s1. The number of nitrogens with one attached hydrogen (secondary N) is 6. The molecule has 4 aliphatic rings. The fourth-order valence-corrected chi connectivity index (χ4v) is 11.4. The second-order valence-corrected chi connectivity index (χ2v) is 24.6. The van der Waals surface area contributed by atoms with Crippen molar-refractivity contribution >= 4 is 99.8 Å². The number of allylic oxidation sites excluding steroid dienone is 3. The van der Waals surface area contributed by atoms with Crippen molar-refractivity contribution in [2.24, 2.45) is 17.6 Å². The number of rotatable bonds is 27. The number of primary amides is 1. The highest BCUT2D eigenvalue weighted by Gasteiger charge is 2.64. The van der Waals surface area contributed by atoms with Gasteiger partial charge in [0.2, 0.25) is 17.7 Å². The van der Waals surface area contributed by atoms with E-state index in [0.717, 1.165) is 16.0 Å². The number of esters is 1. The third-order valence-corrected chi connectivity index (χ3v) is 17.2. The van der Waals surface area contributed by atoms with Crippen LogP contribution in [0.25, 0.3) is 0 Å². The van der Waals surface area contributed by atoms with Gasteiger partial charge >= 0.3 is 24.1 Å². The van der Waals surface area contributed by atoms with E-state index in [9.17, 15) is 53.1 Å². The number of hydrogen-bond acceptors (Lipinski definition) is 21. The molecule has 4 aliphatic heterocycles. The number of alkyl carbamates (subject to hydrolysis) is 1. The van der Waals surface area contributed by atoms with Crippen molar-refractivity contribution in [1.82, 2.24) is 36.5 Å². The van der Waals surface area contributed by atoms with Gasteiger partial charge in [0.05, 0.1) is 70.8 Å². The number of aliphatic hydroxyl groups is 1. The fraction of sp³-hybridized carbons (Fsp3) is 0.571. The van der Waals surface area contributed by atoms with Crippen LogP contribution in [-0.2, 0) is 73.2 Å². The van der Waals surface area contributed by atoms with E-state index in [1.807, 2.05) is 13.0 Å². The first kappa shape index (κ1) is 75.8. The molecule has 6 rings (SSSR count). The number of halogens is 1. The molecule has 4 bridgehead atoms. The summed E-state index contributed by atoms with van der Waals surface area (Å²) in [5.74, 6) is -6.14. The third kappa shape index (κ3) is 20.4. The van der Waals surface area contributed by atoms with Crippen molar-refractivity contribution in [1.29, 1.82) is 0 Å². The van der Waals surface area contributed by atoms with Crippen LogP contribution in [0.2, 0.25) is 5.02 Å². The Morgan fingerprint density at radius 1 is 0.916 bits per heavy atom. The van der Waals surface area contributed by atoms with Gasteiger partial charge in [0, 0.05) is 71.2 Å². The van der Waals surface area contributed by atoms with Crippen LogP contribution in [0.1, 0.15) is 102 Å². The third-order valence-electron chi connectivity index (χ3n) is 16.5. The second-order valence-electron chi connectivity index (χ2n) is 23.9. The number of fused-ring (bicyclic) bond motifs is 5. The number of nitrogens with zero attached hydrogens (tertiary/aromatic N) is 3. The van der Waals surface area contributed by atoms with Crippen molar-refractivity contribution in [3.05, 3.63) is 70.3 Å². The molecular formula is C63H87ClN10O20S. The molecule has 95 heavy (non-hydrogen) atoms. The van der Waals surface area contributed by atoms with Gasteiger partial charge in [-0.3, -0.25) is 34.1 Å². The van der Waals surface area contributed by atoms with Crippen LogP contribution in [-0.4, -0.2) is 208 Å². The molecule has 4 heterocycles. The summed E-state index contributed by atoms with van der Waals surface area (Å²) >= 11 is 12.3. The van der Waals surface area contributed by atoms with Crippen LogP contribution >= 0.6 is 23.8 Å². The zero-order valence-electron chi connectivity index (χ0n) is 55.1. The first-order valence-corrected chi connectivity index (χ1v) is 31.7. The minimum absolute atomic E-state index is 0.0155. The number of thiocarbonyl (C=S) groups is 1. The van der Waals surface area contributed by atoms with Gasteiger partial charge in [0.25, 0.3) is 17.7 Å². The lowest BCUT2D eigenvalue weighted by Gasteiger charge is -2.42. The highest BCUT2D eigenvalue weighted by molar-refractivity contribution is 7.80. The molecule has 3 fully saturated rings. The van der Waals surface area contributed by atoms with Gasteiger partial charge < -0.3 is 90.0 Å². The predicted molar refractivity (Wildman–Crippen MR) is 346 cm³/mol. The largest absolute Gasteiger partial charge is 0.496 e. The highest BCUT2D eigenvalue weighted by atomic mass is 35.5. The highest BCUT2D eigenvalue weighted by Crippen LogP contribution is 2.49. The number of carbonyl (C=O) groups is 10. The van der Waals surface area contributed by atoms with Crippen LogP contribution in [0.4, 0.5) is 21.0 Å². The maximum Gasteiger partial charge on any atom is 0.409 e. The zero-order valence-corrected chi connectivity index (χ0v) is 56.7. The smallest absolute Gasteiger partial charge is 0.409 e. The van der Waals surface area contributed by atoms with E-state index >= 15 is 0 Å². The molecule has 2 aromatic rings. The number of amides is 9. The molecule has 2 aromatic carbocycles. The second kappa shape index (κ2) is 34.5. The number of nitrogens with two attached hydrogens (primary N) is 1. The van der Waals surface area contributed by atoms with Crippen LogP contribution in [0, 0.1) is 11.8 Å². The quantitative estimate of drug-likeness (QED) is 0.0209. The SMILES string of the molecule is COc1cc(NC(=O)[C@H](CCCNC(N)=O)NC(=O)[C@@H](NC(=S)NCCOCCOCCC(=O)ON2C(=O)CCC2=O)C(C)C)ccc1C(=O)N(C)[C@@H](C)C(=O)O[C@H]1CC(=O)N(C)c2cc(cc(OC)c2Cl)C/C(C)=C/C=C/[C@@H](OC)[C@@]2(O)C[C@H](OC(=O)N2)[C@@H](C)[C@@H]2O[C@@]12C. The first-order chi connectivity index (χ1) is 44.9. The summed E-state index contributed by atoms with van der Waals surface area (Å²) in [4.78, 5) is 139. The molecule has 32 heteroatoms.